The molecule has 1 spiro atoms. The zero-order valence-electron chi connectivity index (χ0n) is 12.6. The smallest absolute Gasteiger partial charge is 0.254 e. The topological polar surface area (TPSA) is 67.6 Å². The van der Waals surface area contributed by atoms with E-state index in [0.29, 0.717) is 18.0 Å². The third-order valence-electron chi connectivity index (χ3n) is 5.06. The van der Waals surface area contributed by atoms with E-state index >= 15 is 0 Å². The van der Waals surface area contributed by atoms with Gasteiger partial charge in [-0.25, -0.2) is 4.98 Å². The predicted molar refractivity (Wildman–Crippen MR) is 80.5 cm³/mol. The quantitative estimate of drug-likeness (QED) is 0.901. The van der Waals surface area contributed by atoms with Gasteiger partial charge in [-0.1, -0.05) is 0 Å². The number of aliphatic hydroxyl groups is 1. The van der Waals surface area contributed by atoms with Crippen LogP contribution in [0.5, 0.6) is 0 Å². The second kappa shape index (κ2) is 4.79. The molecular formula is C16H19N3O3. The van der Waals surface area contributed by atoms with Gasteiger partial charge in [-0.15, -0.1) is 0 Å². The van der Waals surface area contributed by atoms with Crippen molar-refractivity contribution in [3.05, 3.63) is 29.6 Å². The zero-order valence-corrected chi connectivity index (χ0v) is 12.6. The van der Waals surface area contributed by atoms with E-state index < -0.39 is 0 Å². The molecule has 22 heavy (non-hydrogen) atoms. The molecule has 6 nitrogen and oxygen atoms in total. The van der Waals surface area contributed by atoms with Crippen LogP contribution < -0.4 is 0 Å². The first-order valence-electron chi connectivity index (χ1n) is 7.61. The second-order valence-corrected chi connectivity index (χ2v) is 6.18. The number of aryl methyl sites for hydroxylation is 1. The Kier molecular flexibility index (Phi) is 2.99. The Bertz CT molecular complexity index is 746. The first-order chi connectivity index (χ1) is 10.6. The van der Waals surface area contributed by atoms with Crippen LogP contribution in [0.2, 0.25) is 0 Å². The molecule has 4 rings (SSSR count). The van der Waals surface area contributed by atoms with Crippen molar-refractivity contribution in [1.29, 1.82) is 0 Å². The lowest BCUT2D eigenvalue weighted by Gasteiger charge is -2.49. The van der Waals surface area contributed by atoms with Crippen LogP contribution in [-0.2, 0) is 18.4 Å². The molecule has 1 N–H and O–H groups in total. The highest BCUT2D eigenvalue weighted by molar-refractivity contribution is 5.98. The number of carbonyl (C=O) groups excluding carboxylic acids is 1. The molecule has 1 amide bonds. The van der Waals surface area contributed by atoms with Crippen molar-refractivity contribution in [2.24, 2.45) is 7.05 Å². The Hall–Kier alpha value is -1.92. The third kappa shape index (κ3) is 1.80. The SMILES string of the molecule is Cn1c(CO)nc2cc(C(=O)N3CCC34CCOC4)ccc21. The molecule has 1 aromatic carbocycles. The maximum absolute atomic E-state index is 12.8. The predicted octanol–water partition coefficient (Wildman–Crippen LogP) is 1.07. The zero-order chi connectivity index (χ0) is 15.3. The molecule has 0 bridgehead atoms. The molecular weight excluding hydrogens is 282 g/mol. The van der Waals surface area contributed by atoms with Crippen LogP contribution in [0.1, 0.15) is 29.0 Å². The lowest BCUT2D eigenvalue weighted by atomic mass is 9.83. The monoisotopic (exact) mass is 301 g/mol. The molecule has 0 saturated carbocycles. The minimum Gasteiger partial charge on any atom is -0.388 e. The van der Waals surface area contributed by atoms with Gasteiger partial charge in [0.25, 0.3) is 5.91 Å². The fourth-order valence-corrected chi connectivity index (χ4v) is 3.54. The van der Waals surface area contributed by atoms with Gasteiger partial charge in [-0.2, -0.15) is 0 Å². The second-order valence-electron chi connectivity index (χ2n) is 6.18. The molecule has 1 unspecified atom stereocenters. The molecule has 116 valence electrons. The summed E-state index contributed by atoms with van der Waals surface area (Å²) < 4.78 is 7.33. The number of imidazole rings is 1. The summed E-state index contributed by atoms with van der Waals surface area (Å²) in [5.41, 5.74) is 2.24. The number of fused-ring (bicyclic) bond motifs is 1. The third-order valence-corrected chi connectivity index (χ3v) is 5.06. The van der Waals surface area contributed by atoms with E-state index in [1.54, 1.807) is 0 Å². The van der Waals surface area contributed by atoms with Gasteiger partial charge in [0, 0.05) is 25.8 Å². The minimum atomic E-state index is -0.110. The summed E-state index contributed by atoms with van der Waals surface area (Å²) in [7, 11) is 1.86. The van der Waals surface area contributed by atoms with Gasteiger partial charge in [0.2, 0.25) is 0 Å². The molecule has 3 heterocycles. The van der Waals surface area contributed by atoms with Crippen LogP contribution in [0, 0.1) is 0 Å². The van der Waals surface area contributed by atoms with E-state index in [1.165, 1.54) is 0 Å². The van der Waals surface area contributed by atoms with Crippen LogP contribution in [0.15, 0.2) is 18.2 Å². The molecule has 1 aromatic heterocycles. The van der Waals surface area contributed by atoms with E-state index in [4.69, 9.17) is 4.74 Å². The van der Waals surface area contributed by atoms with Gasteiger partial charge < -0.3 is 19.3 Å². The molecule has 2 aromatic rings. The summed E-state index contributed by atoms with van der Waals surface area (Å²) in [6.45, 7) is 2.08. The molecule has 0 radical (unpaired) electrons. The fraction of sp³-hybridized carbons (Fsp3) is 0.500. The number of aromatic nitrogens is 2. The van der Waals surface area contributed by atoms with Gasteiger partial charge in [0.05, 0.1) is 23.2 Å². The number of benzene rings is 1. The van der Waals surface area contributed by atoms with Crippen molar-refractivity contribution in [3.63, 3.8) is 0 Å². The number of carbonyl (C=O) groups is 1. The van der Waals surface area contributed by atoms with Crippen LogP contribution in [-0.4, -0.2) is 50.8 Å². The Labute approximate surface area is 128 Å². The number of amides is 1. The maximum atomic E-state index is 12.8. The number of hydrogen-bond donors (Lipinski definition) is 1. The molecule has 2 fully saturated rings. The molecule has 2 saturated heterocycles. The summed E-state index contributed by atoms with van der Waals surface area (Å²) >= 11 is 0. The number of likely N-dealkylation sites (tertiary alicyclic amines) is 1. The van der Waals surface area contributed by atoms with Crippen LogP contribution >= 0.6 is 0 Å². The summed E-state index contributed by atoms with van der Waals surface area (Å²) in [6, 6.07) is 5.56. The van der Waals surface area contributed by atoms with Crippen molar-refractivity contribution >= 4 is 16.9 Å². The lowest BCUT2D eigenvalue weighted by molar-refractivity contribution is -0.00793. The number of ether oxygens (including phenoxy) is 1. The standard InChI is InChI=1S/C16H19N3O3/c1-18-13-3-2-11(8-12(13)17-14(18)9-20)15(21)19-6-4-16(19)5-7-22-10-16/h2-3,8,20H,4-7,9-10H2,1H3. The number of nitrogens with zero attached hydrogens (tertiary/aromatic N) is 3. The lowest BCUT2D eigenvalue weighted by Crippen LogP contribution is -2.62. The highest BCUT2D eigenvalue weighted by Crippen LogP contribution is 2.39. The Morgan fingerprint density at radius 1 is 1.45 bits per heavy atom. The van der Waals surface area contributed by atoms with E-state index in [1.807, 2.05) is 34.7 Å². The minimum absolute atomic E-state index is 0.0508. The van der Waals surface area contributed by atoms with Gasteiger partial charge in [0.1, 0.15) is 12.4 Å². The number of aliphatic hydroxyl groups excluding tert-OH is 1. The molecule has 1 atom stereocenters. The summed E-state index contributed by atoms with van der Waals surface area (Å²) in [6.07, 6.45) is 1.96. The molecule has 2 aliphatic rings. The average molecular weight is 301 g/mol. The van der Waals surface area contributed by atoms with E-state index in [-0.39, 0.29) is 18.1 Å². The fourth-order valence-electron chi connectivity index (χ4n) is 3.54. The van der Waals surface area contributed by atoms with Crippen molar-refractivity contribution in [2.75, 3.05) is 19.8 Å². The van der Waals surface area contributed by atoms with Crippen molar-refractivity contribution in [3.8, 4) is 0 Å². The van der Waals surface area contributed by atoms with Crippen LogP contribution in [0.4, 0.5) is 0 Å². The van der Waals surface area contributed by atoms with Gasteiger partial charge in [0.15, 0.2) is 0 Å². The highest BCUT2D eigenvalue weighted by Gasteiger charge is 2.49. The Morgan fingerprint density at radius 3 is 2.95 bits per heavy atom. The maximum Gasteiger partial charge on any atom is 0.254 e. The summed E-state index contributed by atoms with van der Waals surface area (Å²) in [4.78, 5) is 19.1. The summed E-state index contributed by atoms with van der Waals surface area (Å²) in [5.74, 6) is 0.652. The normalized spacial score (nSPS) is 24.2. The van der Waals surface area contributed by atoms with Gasteiger partial charge in [-0.3, -0.25) is 4.79 Å². The highest BCUT2D eigenvalue weighted by atomic mass is 16.5. The van der Waals surface area contributed by atoms with Gasteiger partial charge in [-0.05, 0) is 31.0 Å². The van der Waals surface area contributed by atoms with Crippen LogP contribution in [0.25, 0.3) is 11.0 Å². The molecule has 0 aliphatic carbocycles. The van der Waals surface area contributed by atoms with Crippen LogP contribution in [0.3, 0.4) is 0 Å². The number of hydrogen-bond acceptors (Lipinski definition) is 4. The van der Waals surface area contributed by atoms with E-state index in [0.717, 1.165) is 37.0 Å². The molecule has 6 heteroatoms. The molecule has 2 aliphatic heterocycles. The van der Waals surface area contributed by atoms with Gasteiger partial charge >= 0.3 is 0 Å². The van der Waals surface area contributed by atoms with Crippen molar-refractivity contribution < 1.29 is 14.6 Å². The first kappa shape index (κ1) is 13.7. The number of rotatable bonds is 2. The van der Waals surface area contributed by atoms with E-state index in [9.17, 15) is 9.90 Å². The Balaban J connectivity index is 1.67. The van der Waals surface area contributed by atoms with Crippen molar-refractivity contribution in [2.45, 2.75) is 25.0 Å². The van der Waals surface area contributed by atoms with Crippen molar-refractivity contribution in [1.82, 2.24) is 14.5 Å². The summed E-state index contributed by atoms with van der Waals surface area (Å²) in [5, 5.41) is 9.30. The largest absolute Gasteiger partial charge is 0.388 e. The average Bonchev–Trinajstić information content (AvgIpc) is 3.12. The Morgan fingerprint density at radius 2 is 2.32 bits per heavy atom. The van der Waals surface area contributed by atoms with E-state index in [2.05, 4.69) is 4.98 Å². The first-order valence-corrected chi connectivity index (χ1v) is 7.61.